The molecule has 0 unspecified atom stereocenters. The zero-order valence-corrected chi connectivity index (χ0v) is 22.1. The smallest absolute Gasteiger partial charge is 0.349 e. The van der Waals surface area contributed by atoms with E-state index in [4.69, 9.17) is 9.47 Å². The van der Waals surface area contributed by atoms with E-state index in [1.165, 1.54) is 24.3 Å². The molecule has 0 fully saturated rings. The first-order valence-electron chi connectivity index (χ1n) is 12.5. The third kappa shape index (κ3) is 6.93. The highest BCUT2D eigenvalue weighted by Crippen LogP contribution is 2.19. The number of nitrogens with one attached hydrogen (secondary N) is 2. The summed E-state index contributed by atoms with van der Waals surface area (Å²) in [5.74, 6) is -5.77. The molecule has 0 aliphatic carbocycles. The second kappa shape index (κ2) is 12.6. The number of carbonyl (C=O) groups is 5. The molecule has 3 N–H and O–H groups in total. The summed E-state index contributed by atoms with van der Waals surface area (Å²) in [6.07, 6.45) is -4.41. The molecular formula is C31H26N2O8. The van der Waals surface area contributed by atoms with Gasteiger partial charge < -0.3 is 14.6 Å². The first-order valence-corrected chi connectivity index (χ1v) is 12.5. The Hall–Kier alpha value is -5.51. The Morgan fingerprint density at radius 1 is 0.659 bits per heavy atom. The molecule has 0 bridgehead atoms. The highest BCUT2D eigenvalue weighted by molar-refractivity contribution is 6.07. The number of amides is 2. The third-order valence-corrected chi connectivity index (χ3v) is 6.09. The van der Waals surface area contributed by atoms with Crippen molar-refractivity contribution in [2.24, 2.45) is 0 Å². The van der Waals surface area contributed by atoms with Gasteiger partial charge in [-0.15, -0.1) is 0 Å². The molecular weight excluding hydrogens is 528 g/mol. The average molecular weight is 555 g/mol. The lowest BCUT2D eigenvalue weighted by Gasteiger charge is -2.23. The first kappa shape index (κ1) is 28.5. The van der Waals surface area contributed by atoms with Gasteiger partial charge in [0.1, 0.15) is 0 Å². The Kier molecular flexibility index (Phi) is 8.73. The van der Waals surface area contributed by atoms with Crippen LogP contribution in [0.1, 0.15) is 42.2 Å². The van der Waals surface area contributed by atoms with Gasteiger partial charge in [-0.25, -0.2) is 14.4 Å². The van der Waals surface area contributed by atoms with E-state index in [0.29, 0.717) is 16.5 Å². The molecule has 0 radical (unpaired) electrons. The minimum atomic E-state index is -2.24. The molecule has 0 aromatic heterocycles. The minimum Gasteiger partial charge on any atom is -0.478 e. The number of ether oxygens (including phenoxy) is 2. The number of hydrogen-bond acceptors (Lipinski definition) is 7. The van der Waals surface area contributed by atoms with Crippen LogP contribution in [-0.2, 0) is 19.1 Å². The van der Waals surface area contributed by atoms with E-state index in [1.807, 2.05) is 18.2 Å². The molecule has 4 rings (SSSR count). The van der Waals surface area contributed by atoms with Crippen molar-refractivity contribution >= 4 is 40.5 Å². The van der Waals surface area contributed by atoms with Gasteiger partial charge in [0.15, 0.2) is 0 Å². The van der Waals surface area contributed by atoms with Gasteiger partial charge in [0.05, 0.1) is 11.1 Å². The monoisotopic (exact) mass is 554 g/mol. The van der Waals surface area contributed by atoms with E-state index < -0.39 is 41.9 Å². The number of benzene rings is 4. The van der Waals surface area contributed by atoms with Crippen LogP contribution in [0.5, 0.6) is 0 Å². The second-order valence-electron chi connectivity index (χ2n) is 9.20. The van der Waals surface area contributed by atoms with Gasteiger partial charge in [-0.2, -0.15) is 0 Å². The SMILES string of the molecule is Cc1cccc(C(=O)O[C@H](C(=O)O)[C@@H](OC(=O)c2cccc(C)c2)C(=O)NNC(=O)c2cccc3ccccc23)c1. The summed E-state index contributed by atoms with van der Waals surface area (Å²) in [5, 5.41) is 11.3. The number of carboxylic acid groups (broad SMARTS) is 1. The van der Waals surface area contributed by atoms with Crippen molar-refractivity contribution in [3.05, 3.63) is 119 Å². The number of aryl methyl sites for hydroxylation is 2. The number of fused-ring (bicyclic) bond motifs is 1. The predicted molar refractivity (Wildman–Crippen MR) is 148 cm³/mol. The fraction of sp³-hybridized carbons (Fsp3) is 0.129. The van der Waals surface area contributed by atoms with Crippen molar-refractivity contribution in [2.75, 3.05) is 0 Å². The van der Waals surface area contributed by atoms with Crippen LogP contribution in [0, 0.1) is 13.8 Å². The number of carboxylic acids is 1. The Labute approximate surface area is 234 Å². The fourth-order valence-corrected chi connectivity index (χ4v) is 4.09. The fourth-order valence-electron chi connectivity index (χ4n) is 4.09. The Morgan fingerprint density at radius 3 is 1.78 bits per heavy atom. The summed E-state index contributed by atoms with van der Waals surface area (Å²) in [4.78, 5) is 64.1. The van der Waals surface area contributed by atoms with Crippen molar-refractivity contribution in [3.63, 3.8) is 0 Å². The maximum Gasteiger partial charge on any atom is 0.349 e. The maximum atomic E-state index is 13.2. The van der Waals surface area contributed by atoms with Crippen LogP contribution in [0.25, 0.3) is 10.8 Å². The van der Waals surface area contributed by atoms with Crippen molar-refractivity contribution < 1.29 is 38.6 Å². The van der Waals surface area contributed by atoms with E-state index >= 15 is 0 Å². The molecule has 0 heterocycles. The molecule has 2 atom stereocenters. The van der Waals surface area contributed by atoms with Crippen molar-refractivity contribution in [1.29, 1.82) is 0 Å². The second-order valence-corrected chi connectivity index (χ2v) is 9.20. The number of rotatable bonds is 8. The number of aliphatic carboxylic acids is 1. The highest BCUT2D eigenvalue weighted by Gasteiger charge is 2.41. The van der Waals surface area contributed by atoms with E-state index in [-0.39, 0.29) is 16.7 Å². The third-order valence-electron chi connectivity index (χ3n) is 6.09. The van der Waals surface area contributed by atoms with Crippen molar-refractivity contribution in [1.82, 2.24) is 10.9 Å². The van der Waals surface area contributed by atoms with E-state index in [9.17, 15) is 29.1 Å². The van der Waals surface area contributed by atoms with Crippen LogP contribution < -0.4 is 10.9 Å². The molecule has 4 aromatic rings. The molecule has 10 heteroatoms. The van der Waals surface area contributed by atoms with Gasteiger partial charge in [0, 0.05) is 5.56 Å². The van der Waals surface area contributed by atoms with Gasteiger partial charge in [0.25, 0.3) is 11.8 Å². The summed E-state index contributed by atoms with van der Waals surface area (Å²) in [5.41, 5.74) is 6.04. The number of hydrazine groups is 1. The van der Waals surface area contributed by atoms with Crippen LogP contribution in [-0.4, -0.2) is 47.0 Å². The molecule has 208 valence electrons. The van der Waals surface area contributed by atoms with Gasteiger partial charge >= 0.3 is 17.9 Å². The zero-order valence-electron chi connectivity index (χ0n) is 22.1. The molecule has 0 spiro atoms. The maximum absolute atomic E-state index is 13.2. The quantitative estimate of drug-likeness (QED) is 0.220. The standard InChI is InChI=1S/C31H26N2O8/c1-18-8-5-12-21(16-18)30(38)40-25(26(29(36)37)41-31(39)22-13-6-9-19(2)17-22)28(35)33-32-27(34)24-15-7-11-20-10-3-4-14-23(20)24/h3-17,25-26H,1-2H3,(H,32,34)(H,33,35)(H,36,37)/t25-,26+/m1/s1. The lowest BCUT2D eigenvalue weighted by atomic mass is 10.0. The molecule has 10 nitrogen and oxygen atoms in total. The number of hydrogen-bond donors (Lipinski definition) is 3. The Bertz CT molecular complexity index is 1640. The van der Waals surface area contributed by atoms with Crippen LogP contribution in [0.15, 0.2) is 91.0 Å². The molecule has 4 aromatic carbocycles. The summed E-state index contributed by atoms with van der Waals surface area (Å²) in [6, 6.07) is 24.5. The largest absolute Gasteiger partial charge is 0.478 e. The first-order chi connectivity index (χ1) is 19.6. The van der Waals surface area contributed by atoms with Crippen LogP contribution in [0.3, 0.4) is 0 Å². The Balaban J connectivity index is 1.59. The van der Waals surface area contributed by atoms with E-state index in [1.54, 1.807) is 62.4 Å². The van der Waals surface area contributed by atoms with E-state index in [0.717, 1.165) is 5.39 Å². The molecule has 2 amide bonds. The average Bonchev–Trinajstić information content (AvgIpc) is 2.96. The normalized spacial score (nSPS) is 12.0. The lowest BCUT2D eigenvalue weighted by Crippen LogP contribution is -2.54. The molecule has 0 saturated carbocycles. The topological polar surface area (TPSA) is 148 Å². The van der Waals surface area contributed by atoms with Gasteiger partial charge in [-0.3, -0.25) is 20.4 Å². The van der Waals surface area contributed by atoms with Crippen molar-refractivity contribution in [3.8, 4) is 0 Å². The van der Waals surface area contributed by atoms with Gasteiger partial charge in [-0.1, -0.05) is 71.8 Å². The number of esters is 2. The summed E-state index contributed by atoms with van der Waals surface area (Å²) in [7, 11) is 0. The summed E-state index contributed by atoms with van der Waals surface area (Å²) >= 11 is 0. The molecule has 0 aliphatic rings. The van der Waals surface area contributed by atoms with Crippen LogP contribution in [0.4, 0.5) is 0 Å². The van der Waals surface area contributed by atoms with Gasteiger partial charge in [0.2, 0.25) is 12.2 Å². The van der Waals surface area contributed by atoms with E-state index in [2.05, 4.69) is 10.9 Å². The number of carbonyl (C=O) groups excluding carboxylic acids is 4. The minimum absolute atomic E-state index is 0.0321. The molecule has 0 aliphatic heterocycles. The Morgan fingerprint density at radius 2 is 1.20 bits per heavy atom. The molecule has 0 saturated heterocycles. The highest BCUT2D eigenvalue weighted by atomic mass is 16.6. The molecule has 41 heavy (non-hydrogen) atoms. The van der Waals surface area contributed by atoms with Crippen molar-refractivity contribution in [2.45, 2.75) is 26.1 Å². The zero-order chi connectivity index (χ0) is 29.5. The van der Waals surface area contributed by atoms with Gasteiger partial charge in [-0.05, 0) is 55.0 Å². The van der Waals surface area contributed by atoms with Crippen LogP contribution in [0.2, 0.25) is 0 Å². The predicted octanol–water partition coefficient (Wildman–Crippen LogP) is 3.75. The summed E-state index contributed by atoms with van der Waals surface area (Å²) in [6.45, 7) is 3.46. The lowest BCUT2D eigenvalue weighted by molar-refractivity contribution is -0.159. The van der Waals surface area contributed by atoms with Crippen LogP contribution >= 0.6 is 0 Å². The summed E-state index contributed by atoms with van der Waals surface area (Å²) < 4.78 is 10.4.